The summed E-state index contributed by atoms with van der Waals surface area (Å²) >= 11 is 1.45. The summed E-state index contributed by atoms with van der Waals surface area (Å²) in [7, 11) is 0. The Kier molecular flexibility index (Phi) is 5.69. The summed E-state index contributed by atoms with van der Waals surface area (Å²) in [4.78, 5) is 40.9. The van der Waals surface area contributed by atoms with E-state index in [1.54, 1.807) is 19.1 Å². The molecule has 2 heterocycles. The zero-order valence-corrected chi connectivity index (χ0v) is 19.5. The van der Waals surface area contributed by atoms with Crippen LogP contribution in [0.1, 0.15) is 46.5 Å². The first kappa shape index (κ1) is 22.3. The lowest BCUT2D eigenvalue weighted by Gasteiger charge is -2.23. The van der Waals surface area contributed by atoms with E-state index in [9.17, 15) is 18.8 Å². The van der Waals surface area contributed by atoms with Crippen LogP contribution in [0.15, 0.2) is 60.0 Å². The maximum atomic E-state index is 13.4. The molecule has 1 aromatic heterocycles. The van der Waals surface area contributed by atoms with Crippen molar-refractivity contribution < 1.29 is 18.8 Å². The SMILES string of the molecule is C[C@@]1(c2ccc3c(c2)CCC3)NC(=O)N(CC(=O)N[C@H](c2ccc(F)cc2)c2cccs2)C1=O. The van der Waals surface area contributed by atoms with Crippen LogP contribution in [0.5, 0.6) is 0 Å². The van der Waals surface area contributed by atoms with E-state index in [0.717, 1.165) is 34.6 Å². The fourth-order valence-electron chi connectivity index (χ4n) is 4.70. The average molecular weight is 478 g/mol. The highest BCUT2D eigenvalue weighted by Crippen LogP contribution is 2.33. The van der Waals surface area contributed by atoms with Gasteiger partial charge in [0.2, 0.25) is 5.91 Å². The molecule has 6 nitrogen and oxygen atoms in total. The Morgan fingerprint density at radius 3 is 2.65 bits per heavy atom. The van der Waals surface area contributed by atoms with Gasteiger partial charge in [0.05, 0.1) is 6.04 Å². The predicted octanol–water partition coefficient (Wildman–Crippen LogP) is 4.05. The van der Waals surface area contributed by atoms with Crippen LogP contribution in [0.4, 0.5) is 9.18 Å². The largest absolute Gasteiger partial charge is 0.343 e. The second kappa shape index (κ2) is 8.68. The van der Waals surface area contributed by atoms with Crippen LogP contribution in [0, 0.1) is 5.82 Å². The molecule has 0 bridgehead atoms. The Morgan fingerprint density at radius 2 is 1.91 bits per heavy atom. The Hall–Kier alpha value is -3.52. The van der Waals surface area contributed by atoms with E-state index in [1.807, 2.05) is 35.7 Å². The number of imide groups is 1. The summed E-state index contributed by atoms with van der Waals surface area (Å²) in [5.41, 5.74) is 2.68. The Bertz CT molecular complexity index is 1260. The molecule has 2 aromatic carbocycles. The highest BCUT2D eigenvalue weighted by Gasteiger charge is 2.49. The van der Waals surface area contributed by atoms with Crippen molar-refractivity contribution >= 4 is 29.2 Å². The highest BCUT2D eigenvalue weighted by molar-refractivity contribution is 7.10. The van der Waals surface area contributed by atoms with Crippen LogP contribution in [-0.2, 0) is 28.0 Å². The molecule has 5 rings (SSSR count). The van der Waals surface area contributed by atoms with Gasteiger partial charge in [-0.05, 0) is 72.0 Å². The molecule has 0 radical (unpaired) electrons. The van der Waals surface area contributed by atoms with E-state index >= 15 is 0 Å². The topological polar surface area (TPSA) is 78.5 Å². The zero-order chi connectivity index (χ0) is 23.9. The third-order valence-corrected chi connectivity index (χ3v) is 7.53. The van der Waals surface area contributed by atoms with Gasteiger partial charge < -0.3 is 10.6 Å². The number of urea groups is 1. The summed E-state index contributed by atoms with van der Waals surface area (Å²) in [6.45, 7) is 1.27. The van der Waals surface area contributed by atoms with Crippen molar-refractivity contribution in [2.45, 2.75) is 37.8 Å². The molecular formula is C26H24FN3O3S. The molecule has 1 aliphatic carbocycles. The normalized spacial score (nSPS) is 20.2. The number of rotatable bonds is 6. The maximum absolute atomic E-state index is 13.4. The second-order valence-corrected chi connectivity index (χ2v) is 9.83. The third-order valence-electron chi connectivity index (χ3n) is 6.59. The number of halogens is 1. The van der Waals surface area contributed by atoms with Gasteiger partial charge in [0.25, 0.3) is 5.91 Å². The Balaban J connectivity index is 1.34. The number of amides is 4. The minimum Gasteiger partial charge on any atom is -0.343 e. The number of nitrogens with zero attached hydrogens (tertiary/aromatic N) is 1. The third kappa shape index (κ3) is 3.98. The van der Waals surface area contributed by atoms with Crippen molar-refractivity contribution in [3.05, 3.63) is 92.9 Å². The van der Waals surface area contributed by atoms with Gasteiger partial charge in [-0.15, -0.1) is 11.3 Å². The molecule has 2 aliphatic rings. The molecule has 1 saturated heterocycles. The number of nitrogens with one attached hydrogen (secondary N) is 2. The van der Waals surface area contributed by atoms with E-state index in [0.29, 0.717) is 5.56 Å². The minimum atomic E-state index is -1.22. The van der Waals surface area contributed by atoms with Crippen LogP contribution in [0.25, 0.3) is 0 Å². The number of benzene rings is 2. The van der Waals surface area contributed by atoms with E-state index in [2.05, 4.69) is 10.6 Å². The molecule has 0 saturated carbocycles. The van der Waals surface area contributed by atoms with Crippen LogP contribution in [0.3, 0.4) is 0 Å². The first-order valence-corrected chi connectivity index (χ1v) is 12.1. The van der Waals surface area contributed by atoms with Crippen LogP contribution in [0.2, 0.25) is 0 Å². The molecule has 0 spiro atoms. The summed E-state index contributed by atoms with van der Waals surface area (Å²) in [5.74, 6) is -1.31. The monoisotopic (exact) mass is 477 g/mol. The van der Waals surface area contributed by atoms with Gasteiger partial charge in [0.1, 0.15) is 17.9 Å². The number of aryl methyl sites for hydroxylation is 2. The number of fused-ring (bicyclic) bond motifs is 1. The molecule has 174 valence electrons. The number of thiophene rings is 1. The summed E-state index contributed by atoms with van der Waals surface area (Å²) in [6.07, 6.45) is 3.07. The molecule has 1 aliphatic heterocycles. The van der Waals surface area contributed by atoms with E-state index in [-0.39, 0.29) is 5.82 Å². The van der Waals surface area contributed by atoms with Crippen molar-refractivity contribution in [1.29, 1.82) is 0 Å². The molecular weight excluding hydrogens is 453 g/mol. The quantitative estimate of drug-likeness (QED) is 0.526. The Labute approximate surface area is 200 Å². The van der Waals surface area contributed by atoms with Crippen molar-refractivity contribution in [1.82, 2.24) is 15.5 Å². The molecule has 1 fully saturated rings. The van der Waals surface area contributed by atoms with Gasteiger partial charge in [-0.3, -0.25) is 14.5 Å². The smallest absolute Gasteiger partial charge is 0.325 e. The standard InChI is InChI=1S/C26H24FN3O3S/c1-26(19-10-7-16-4-2-5-18(16)14-19)24(32)30(25(33)29-26)15-22(31)28-23(21-6-3-13-34-21)17-8-11-20(27)12-9-17/h3,6-14,23H,2,4-5,15H2,1H3,(H,28,31)(H,29,33)/t23-,26+/m1/s1. The fraction of sp³-hybridized carbons (Fsp3) is 0.269. The average Bonchev–Trinajstić information content (AvgIpc) is 3.56. The number of carbonyl (C=O) groups excluding carboxylic acids is 3. The Morgan fingerprint density at radius 1 is 1.15 bits per heavy atom. The van der Waals surface area contributed by atoms with Gasteiger partial charge in [-0.2, -0.15) is 0 Å². The lowest BCUT2D eigenvalue weighted by molar-refractivity contribution is -0.135. The van der Waals surface area contributed by atoms with Gasteiger partial charge >= 0.3 is 6.03 Å². The van der Waals surface area contributed by atoms with Crippen LogP contribution >= 0.6 is 11.3 Å². The first-order valence-electron chi connectivity index (χ1n) is 11.2. The molecule has 2 N–H and O–H groups in total. The van der Waals surface area contributed by atoms with Crippen molar-refractivity contribution in [2.24, 2.45) is 0 Å². The zero-order valence-electron chi connectivity index (χ0n) is 18.6. The minimum absolute atomic E-state index is 0.370. The highest BCUT2D eigenvalue weighted by atomic mass is 32.1. The van der Waals surface area contributed by atoms with Gasteiger partial charge in [0, 0.05) is 4.88 Å². The lowest BCUT2D eigenvalue weighted by atomic mass is 9.89. The molecule has 34 heavy (non-hydrogen) atoms. The predicted molar refractivity (Wildman–Crippen MR) is 127 cm³/mol. The second-order valence-electron chi connectivity index (χ2n) is 8.85. The summed E-state index contributed by atoms with van der Waals surface area (Å²) < 4.78 is 13.4. The number of hydrogen-bond acceptors (Lipinski definition) is 4. The molecule has 2 atom stereocenters. The van der Waals surface area contributed by atoms with Gasteiger partial charge in [-0.1, -0.05) is 36.4 Å². The first-order chi connectivity index (χ1) is 16.3. The van der Waals surface area contributed by atoms with Crippen molar-refractivity contribution in [3.63, 3.8) is 0 Å². The molecule has 3 aromatic rings. The summed E-state index contributed by atoms with van der Waals surface area (Å²) in [6, 6.07) is 14.4. The van der Waals surface area contributed by atoms with Crippen molar-refractivity contribution in [3.8, 4) is 0 Å². The van der Waals surface area contributed by atoms with E-state index < -0.39 is 36.0 Å². The van der Waals surface area contributed by atoms with Gasteiger partial charge in [0.15, 0.2) is 0 Å². The number of carbonyl (C=O) groups is 3. The lowest BCUT2D eigenvalue weighted by Crippen LogP contribution is -2.44. The number of hydrogen-bond donors (Lipinski definition) is 2. The molecule has 0 unspecified atom stereocenters. The fourth-order valence-corrected chi connectivity index (χ4v) is 5.50. The van der Waals surface area contributed by atoms with Crippen LogP contribution < -0.4 is 10.6 Å². The molecule has 8 heteroatoms. The van der Waals surface area contributed by atoms with E-state index in [1.165, 1.54) is 34.6 Å². The van der Waals surface area contributed by atoms with Crippen molar-refractivity contribution in [2.75, 3.05) is 6.54 Å². The van der Waals surface area contributed by atoms with Gasteiger partial charge in [-0.25, -0.2) is 9.18 Å². The maximum Gasteiger partial charge on any atom is 0.325 e. The molecule has 4 amide bonds. The van der Waals surface area contributed by atoms with Crippen LogP contribution in [-0.4, -0.2) is 29.3 Å². The summed E-state index contributed by atoms with van der Waals surface area (Å²) in [5, 5.41) is 7.57. The van der Waals surface area contributed by atoms with E-state index in [4.69, 9.17) is 0 Å².